The van der Waals surface area contributed by atoms with Crippen molar-refractivity contribution in [3.63, 3.8) is 0 Å². The molecule has 0 saturated carbocycles. The second-order valence-electron chi connectivity index (χ2n) is 4.37. The summed E-state index contributed by atoms with van der Waals surface area (Å²) in [5.74, 6) is -0.154. The molecule has 1 heterocycles. The maximum Gasteiger partial charge on any atom is 0.273 e. The number of hydrogen-bond donors (Lipinski definition) is 1. The van der Waals surface area contributed by atoms with E-state index in [1.165, 1.54) is 12.1 Å². The number of aromatic nitrogens is 1. The van der Waals surface area contributed by atoms with Crippen molar-refractivity contribution in [1.82, 2.24) is 10.5 Å². The summed E-state index contributed by atoms with van der Waals surface area (Å²) in [5, 5.41) is 6.52. The average Bonchev–Trinajstić information content (AvgIpc) is 2.89. The first-order valence-electron chi connectivity index (χ1n) is 6.13. The minimum absolute atomic E-state index is 0.0819. The third kappa shape index (κ3) is 3.19. The first-order valence-corrected chi connectivity index (χ1v) is 6.13. The molecule has 4 nitrogen and oxygen atoms in total. The Morgan fingerprint density at radius 3 is 2.74 bits per heavy atom. The Balaban J connectivity index is 2.15. The van der Waals surface area contributed by atoms with E-state index >= 15 is 0 Å². The summed E-state index contributed by atoms with van der Waals surface area (Å²) < 4.78 is 17.9. The minimum Gasteiger partial charge on any atom is -0.355 e. The Morgan fingerprint density at radius 2 is 2.11 bits per heavy atom. The monoisotopic (exact) mass is 262 g/mol. The molecule has 1 aromatic carbocycles. The number of rotatable bonds is 4. The fourth-order valence-corrected chi connectivity index (χ4v) is 1.53. The van der Waals surface area contributed by atoms with Gasteiger partial charge >= 0.3 is 0 Å². The zero-order valence-corrected chi connectivity index (χ0v) is 10.8. The van der Waals surface area contributed by atoms with Crippen molar-refractivity contribution in [3.8, 4) is 11.3 Å². The molecule has 2 rings (SSSR count). The fourth-order valence-electron chi connectivity index (χ4n) is 1.53. The van der Waals surface area contributed by atoms with Crippen molar-refractivity contribution in [2.45, 2.75) is 26.3 Å². The zero-order chi connectivity index (χ0) is 13.8. The van der Waals surface area contributed by atoms with E-state index < -0.39 is 0 Å². The van der Waals surface area contributed by atoms with Gasteiger partial charge in [0.1, 0.15) is 5.82 Å². The first-order chi connectivity index (χ1) is 9.10. The summed E-state index contributed by atoms with van der Waals surface area (Å²) in [6.07, 6.45) is 0.842. The highest BCUT2D eigenvalue weighted by atomic mass is 19.1. The number of carbonyl (C=O) groups excluding carboxylic acids is 1. The summed E-state index contributed by atoms with van der Waals surface area (Å²) in [6, 6.07) is 7.44. The molecule has 1 unspecified atom stereocenters. The van der Waals surface area contributed by atoms with Gasteiger partial charge in [-0.3, -0.25) is 4.79 Å². The third-order valence-corrected chi connectivity index (χ3v) is 2.86. The largest absolute Gasteiger partial charge is 0.355 e. The lowest BCUT2D eigenvalue weighted by molar-refractivity contribution is 0.0930. The van der Waals surface area contributed by atoms with Crippen LogP contribution in [-0.2, 0) is 0 Å². The van der Waals surface area contributed by atoms with E-state index in [-0.39, 0.29) is 23.5 Å². The number of halogens is 1. The normalized spacial score (nSPS) is 12.2. The molecular weight excluding hydrogens is 247 g/mol. The smallest absolute Gasteiger partial charge is 0.273 e. The Morgan fingerprint density at radius 1 is 1.42 bits per heavy atom. The molecule has 0 aliphatic carbocycles. The fraction of sp³-hybridized carbons (Fsp3) is 0.286. The van der Waals surface area contributed by atoms with Gasteiger partial charge in [-0.2, -0.15) is 0 Å². The lowest BCUT2D eigenvalue weighted by Crippen LogP contribution is -2.32. The van der Waals surface area contributed by atoms with E-state index in [9.17, 15) is 9.18 Å². The summed E-state index contributed by atoms with van der Waals surface area (Å²) in [5.41, 5.74) is 0.899. The maximum atomic E-state index is 12.8. The Hall–Kier alpha value is -2.17. The zero-order valence-electron chi connectivity index (χ0n) is 10.8. The van der Waals surface area contributed by atoms with Crippen LogP contribution < -0.4 is 5.32 Å². The van der Waals surface area contributed by atoms with E-state index in [0.717, 1.165) is 6.42 Å². The van der Waals surface area contributed by atoms with E-state index in [4.69, 9.17) is 4.52 Å². The van der Waals surface area contributed by atoms with Crippen molar-refractivity contribution >= 4 is 5.91 Å². The second kappa shape index (κ2) is 5.65. The van der Waals surface area contributed by atoms with Crippen molar-refractivity contribution in [2.75, 3.05) is 0 Å². The van der Waals surface area contributed by atoms with Crippen molar-refractivity contribution < 1.29 is 13.7 Å². The van der Waals surface area contributed by atoms with Crippen molar-refractivity contribution in [3.05, 3.63) is 41.8 Å². The standard InChI is InChI=1S/C14H15FN2O2/c1-3-9(2)16-14(18)12-8-13(19-17-12)10-4-6-11(15)7-5-10/h4-9H,3H2,1-2H3,(H,16,18). The highest BCUT2D eigenvalue weighted by Gasteiger charge is 2.15. The predicted molar refractivity (Wildman–Crippen MR) is 69.1 cm³/mol. The summed E-state index contributed by atoms with van der Waals surface area (Å²) >= 11 is 0. The average molecular weight is 262 g/mol. The van der Waals surface area contributed by atoms with E-state index in [2.05, 4.69) is 10.5 Å². The predicted octanol–water partition coefficient (Wildman–Crippen LogP) is 3.01. The number of carbonyl (C=O) groups is 1. The molecule has 0 aliphatic heterocycles. The quantitative estimate of drug-likeness (QED) is 0.921. The van der Waals surface area contributed by atoms with Gasteiger partial charge < -0.3 is 9.84 Å². The molecule has 0 aliphatic rings. The van der Waals surface area contributed by atoms with Gasteiger partial charge in [0.25, 0.3) is 5.91 Å². The van der Waals surface area contributed by atoms with E-state index in [1.807, 2.05) is 13.8 Å². The van der Waals surface area contributed by atoms with Crippen LogP contribution in [0.1, 0.15) is 30.8 Å². The molecule has 0 spiro atoms. The highest BCUT2D eigenvalue weighted by Crippen LogP contribution is 2.20. The molecule has 19 heavy (non-hydrogen) atoms. The van der Waals surface area contributed by atoms with Crippen LogP contribution in [0, 0.1) is 5.82 Å². The molecule has 0 fully saturated rings. The van der Waals surface area contributed by atoms with Gasteiger partial charge in [-0.15, -0.1) is 0 Å². The van der Waals surface area contributed by atoms with Gasteiger partial charge in [0.15, 0.2) is 11.5 Å². The summed E-state index contributed by atoms with van der Waals surface area (Å²) in [7, 11) is 0. The van der Waals surface area contributed by atoms with Crippen LogP contribution in [0.15, 0.2) is 34.9 Å². The van der Waals surface area contributed by atoms with Crippen LogP contribution in [0.3, 0.4) is 0 Å². The SMILES string of the molecule is CCC(C)NC(=O)c1cc(-c2ccc(F)cc2)on1. The van der Waals surface area contributed by atoms with Crippen LogP contribution in [0.2, 0.25) is 0 Å². The molecule has 100 valence electrons. The molecule has 0 radical (unpaired) electrons. The minimum atomic E-state index is -0.321. The van der Waals surface area contributed by atoms with Crippen LogP contribution in [0.5, 0.6) is 0 Å². The molecule has 1 N–H and O–H groups in total. The highest BCUT2D eigenvalue weighted by molar-refractivity contribution is 5.93. The molecule has 0 saturated heterocycles. The maximum absolute atomic E-state index is 12.8. The molecule has 5 heteroatoms. The van der Waals surface area contributed by atoms with E-state index in [0.29, 0.717) is 11.3 Å². The second-order valence-corrected chi connectivity index (χ2v) is 4.37. The Labute approximate surface area is 110 Å². The number of benzene rings is 1. The first kappa shape index (κ1) is 13.3. The Kier molecular flexibility index (Phi) is 3.94. The lowest BCUT2D eigenvalue weighted by atomic mass is 10.1. The topological polar surface area (TPSA) is 55.1 Å². The number of nitrogens with one attached hydrogen (secondary N) is 1. The molecule has 1 amide bonds. The van der Waals surface area contributed by atoms with Gasteiger partial charge in [-0.25, -0.2) is 4.39 Å². The van der Waals surface area contributed by atoms with Crippen LogP contribution >= 0.6 is 0 Å². The van der Waals surface area contributed by atoms with Crippen LogP contribution in [0.4, 0.5) is 4.39 Å². The Bertz CT molecular complexity index is 563. The molecular formula is C14H15FN2O2. The van der Waals surface area contributed by atoms with Gasteiger partial charge in [-0.1, -0.05) is 12.1 Å². The summed E-state index contributed by atoms with van der Waals surface area (Å²) in [6.45, 7) is 3.90. The number of hydrogen-bond acceptors (Lipinski definition) is 3. The number of nitrogens with zero attached hydrogens (tertiary/aromatic N) is 1. The molecule has 0 bridgehead atoms. The molecule has 2 aromatic rings. The third-order valence-electron chi connectivity index (χ3n) is 2.86. The van der Waals surface area contributed by atoms with Gasteiger partial charge in [0, 0.05) is 17.7 Å². The van der Waals surface area contributed by atoms with Crippen molar-refractivity contribution in [2.24, 2.45) is 0 Å². The van der Waals surface area contributed by atoms with Crippen LogP contribution in [-0.4, -0.2) is 17.1 Å². The van der Waals surface area contributed by atoms with Gasteiger partial charge in [0.2, 0.25) is 0 Å². The number of amides is 1. The van der Waals surface area contributed by atoms with Crippen LogP contribution in [0.25, 0.3) is 11.3 Å². The van der Waals surface area contributed by atoms with Gasteiger partial charge in [0.05, 0.1) is 0 Å². The summed E-state index contributed by atoms with van der Waals surface area (Å²) in [4.78, 5) is 11.8. The molecule has 1 atom stereocenters. The van der Waals surface area contributed by atoms with E-state index in [1.54, 1.807) is 18.2 Å². The lowest BCUT2D eigenvalue weighted by Gasteiger charge is -2.08. The molecule has 1 aromatic heterocycles. The van der Waals surface area contributed by atoms with Crippen molar-refractivity contribution in [1.29, 1.82) is 0 Å². The van der Waals surface area contributed by atoms with Gasteiger partial charge in [-0.05, 0) is 37.6 Å².